The molecular formula is C10H18N4O. The normalized spacial score (nSPS) is 20.4. The van der Waals surface area contributed by atoms with Crippen LogP contribution in [0.4, 0.5) is 0 Å². The number of aryl methyl sites for hydroxylation is 1. The first-order valence-electron chi connectivity index (χ1n) is 5.58. The van der Waals surface area contributed by atoms with Crippen LogP contribution in [-0.4, -0.2) is 31.9 Å². The molecule has 0 spiro atoms. The molecule has 1 saturated carbocycles. The van der Waals surface area contributed by atoms with E-state index in [4.69, 9.17) is 0 Å². The number of tetrazole rings is 1. The number of hydrogen-bond acceptors (Lipinski definition) is 4. The summed E-state index contributed by atoms with van der Waals surface area (Å²) in [5.41, 5.74) is 0.0152. The summed E-state index contributed by atoms with van der Waals surface area (Å²) in [5, 5.41) is 21.5. The molecule has 0 aliphatic heterocycles. The molecular weight excluding hydrogens is 192 g/mol. The van der Waals surface area contributed by atoms with Gasteiger partial charge in [0.25, 0.3) is 0 Å². The second kappa shape index (κ2) is 4.26. The van der Waals surface area contributed by atoms with Crippen LogP contribution in [0.5, 0.6) is 0 Å². The molecule has 1 fully saturated rings. The van der Waals surface area contributed by atoms with Crippen molar-refractivity contribution in [3.63, 3.8) is 0 Å². The molecule has 1 heterocycles. The lowest BCUT2D eigenvalue weighted by molar-refractivity contribution is 0.0803. The lowest BCUT2D eigenvalue weighted by Gasteiger charge is -2.34. The van der Waals surface area contributed by atoms with Crippen LogP contribution in [0.25, 0.3) is 0 Å². The first-order valence-corrected chi connectivity index (χ1v) is 5.58. The van der Waals surface area contributed by atoms with Crippen molar-refractivity contribution < 1.29 is 5.11 Å². The van der Waals surface area contributed by atoms with Crippen molar-refractivity contribution in [3.8, 4) is 0 Å². The molecule has 0 unspecified atom stereocenters. The molecule has 0 atom stereocenters. The van der Waals surface area contributed by atoms with Gasteiger partial charge in [-0.25, -0.2) is 0 Å². The van der Waals surface area contributed by atoms with Crippen LogP contribution in [0, 0.1) is 5.41 Å². The molecule has 1 N–H and O–H groups in total. The summed E-state index contributed by atoms with van der Waals surface area (Å²) in [5.74, 6) is 0.758. The van der Waals surface area contributed by atoms with Crippen LogP contribution in [0.3, 0.4) is 0 Å². The highest BCUT2D eigenvalue weighted by Gasteiger charge is 2.32. The summed E-state index contributed by atoms with van der Waals surface area (Å²) in [6.45, 7) is 0.241. The molecule has 84 valence electrons. The van der Waals surface area contributed by atoms with Gasteiger partial charge >= 0.3 is 0 Å². The molecule has 15 heavy (non-hydrogen) atoms. The van der Waals surface area contributed by atoms with E-state index in [2.05, 4.69) is 15.4 Å². The van der Waals surface area contributed by atoms with E-state index in [1.165, 1.54) is 24.1 Å². The molecule has 0 bridgehead atoms. The summed E-state index contributed by atoms with van der Waals surface area (Å²) in [7, 11) is 1.77. The maximum absolute atomic E-state index is 9.53. The Morgan fingerprint density at radius 3 is 2.60 bits per heavy atom. The molecule has 0 aromatic carbocycles. The molecule has 1 aromatic heterocycles. The van der Waals surface area contributed by atoms with Gasteiger partial charge < -0.3 is 5.11 Å². The lowest BCUT2D eigenvalue weighted by Crippen LogP contribution is -2.31. The Balaban J connectivity index is 2.06. The molecule has 1 aliphatic rings. The summed E-state index contributed by atoms with van der Waals surface area (Å²) in [6, 6.07) is 0. The van der Waals surface area contributed by atoms with Gasteiger partial charge in [0.15, 0.2) is 5.82 Å². The third kappa shape index (κ3) is 2.34. The number of hydrogen-bond donors (Lipinski definition) is 1. The first kappa shape index (κ1) is 10.5. The second-order valence-electron chi connectivity index (χ2n) is 4.59. The van der Waals surface area contributed by atoms with Gasteiger partial charge in [-0.15, -0.1) is 10.2 Å². The van der Waals surface area contributed by atoms with E-state index in [1.54, 1.807) is 7.05 Å². The Kier molecular flexibility index (Phi) is 3.00. The summed E-state index contributed by atoms with van der Waals surface area (Å²) >= 11 is 0. The minimum absolute atomic E-state index is 0.0152. The fourth-order valence-electron chi connectivity index (χ4n) is 2.42. The fraction of sp³-hybridized carbons (Fsp3) is 0.900. The van der Waals surface area contributed by atoms with Gasteiger partial charge in [0.2, 0.25) is 0 Å². The smallest absolute Gasteiger partial charge is 0.175 e. The zero-order chi connectivity index (χ0) is 10.7. The SMILES string of the molecule is Cn1nnc(CC2(CO)CCCCC2)n1. The van der Waals surface area contributed by atoms with E-state index < -0.39 is 0 Å². The Bertz CT molecular complexity index is 317. The van der Waals surface area contributed by atoms with E-state index in [9.17, 15) is 5.11 Å². The number of aliphatic hydroxyl groups excluding tert-OH is 1. The number of aromatic nitrogens is 4. The standard InChI is InChI=1S/C10H18N4O/c1-14-12-9(11-13-14)7-10(8-15)5-3-2-4-6-10/h15H,2-8H2,1H3. The zero-order valence-electron chi connectivity index (χ0n) is 9.19. The Morgan fingerprint density at radius 2 is 2.07 bits per heavy atom. The van der Waals surface area contributed by atoms with Gasteiger partial charge in [0.1, 0.15) is 0 Å². The van der Waals surface area contributed by atoms with Gasteiger partial charge in [0.05, 0.1) is 7.05 Å². The van der Waals surface area contributed by atoms with Crippen molar-refractivity contribution in [2.75, 3.05) is 6.61 Å². The molecule has 0 amide bonds. The third-order valence-electron chi connectivity index (χ3n) is 3.33. The molecule has 1 aromatic rings. The number of rotatable bonds is 3. The van der Waals surface area contributed by atoms with Gasteiger partial charge in [-0.2, -0.15) is 4.80 Å². The Labute approximate surface area is 89.5 Å². The molecule has 0 saturated heterocycles. The van der Waals surface area contributed by atoms with E-state index in [0.717, 1.165) is 25.1 Å². The van der Waals surface area contributed by atoms with E-state index in [1.807, 2.05) is 0 Å². The molecule has 1 aliphatic carbocycles. The molecule has 2 rings (SSSR count). The van der Waals surface area contributed by atoms with Crippen molar-refractivity contribution >= 4 is 0 Å². The summed E-state index contributed by atoms with van der Waals surface area (Å²) in [6.07, 6.45) is 6.64. The minimum atomic E-state index is 0.0152. The molecule has 5 nitrogen and oxygen atoms in total. The summed E-state index contributed by atoms with van der Waals surface area (Å²) in [4.78, 5) is 1.48. The van der Waals surface area contributed by atoms with Crippen LogP contribution in [0.2, 0.25) is 0 Å². The highest BCUT2D eigenvalue weighted by molar-refractivity contribution is 4.92. The maximum atomic E-state index is 9.53. The van der Waals surface area contributed by atoms with Crippen molar-refractivity contribution in [1.29, 1.82) is 0 Å². The van der Waals surface area contributed by atoms with Gasteiger partial charge in [-0.05, 0) is 18.1 Å². The van der Waals surface area contributed by atoms with Gasteiger partial charge in [-0.1, -0.05) is 19.3 Å². The lowest BCUT2D eigenvalue weighted by atomic mass is 9.72. The highest BCUT2D eigenvalue weighted by Crippen LogP contribution is 2.37. The number of aliphatic hydroxyl groups is 1. The van der Waals surface area contributed by atoms with Crippen molar-refractivity contribution in [2.45, 2.75) is 38.5 Å². The topological polar surface area (TPSA) is 63.8 Å². The van der Waals surface area contributed by atoms with Crippen LogP contribution in [0.1, 0.15) is 37.9 Å². The minimum Gasteiger partial charge on any atom is -0.396 e. The maximum Gasteiger partial charge on any atom is 0.175 e. The largest absolute Gasteiger partial charge is 0.396 e. The third-order valence-corrected chi connectivity index (χ3v) is 3.33. The molecule has 5 heteroatoms. The van der Waals surface area contributed by atoms with Crippen LogP contribution in [0.15, 0.2) is 0 Å². The first-order chi connectivity index (χ1) is 7.24. The fourth-order valence-corrected chi connectivity index (χ4v) is 2.42. The van der Waals surface area contributed by atoms with Crippen LogP contribution in [-0.2, 0) is 13.5 Å². The highest BCUT2D eigenvalue weighted by atomic mass is 16.3. The Morgan fingerprint density at radius 1 is 1.33 bits per heavy atom. The predicted octanol–water partition coefficient (Wildman–Crippen LogP) is 0.695. The van der Waals surface area contributed by atoms with E-state index in [0.29, 0.717) is 0 Å². The van der Waals surface area contributed by atoms with Crippen molar-refractivity contribution in [3.05, 3.63) is 5.82 Å². The zero-order valence-corrected chi connectivity index (χ0v) is 9.19. The van der Waals surface area contributed by atoms with Gasteiger partial charge in [0, 0.05) is 18.4 Å². The van der Waals surface area contributed by atoms with Crippen molar-refractivity contribution in [2.24, 2.45) is 12.5 Å². The average molecular weight is 210 g/mol. The van der Waals surface area contributed by atoms with E-state index >= 15 is 0 Å². The van der Waals surface area contributed by atoms with Crippen LogP contribution >= 0.6 is 0 Å². The average Bonchev–Trinajstić information content (AvgIpc) is 2.65. The second-order valence-corrected chi connectivity index (χ2v) is 4.59. The van der Waals surface area contributed by atoms with E-state index in [-0.39, 0.29) is 12.0 Å². The van der Waals surface area contributed by atoms with Crippen LogP contribution < -0.4 is 0 Å². The molecule has 0 radical (unpaired) electrons. The van der Waals surface area contributed by atoms with Gasteiger partial charge in [-0.3, -0.25) is 0 Å². The summed E-state index contributed by atoms with van der Waals surface area (Å²) < 4.78 is 0. The monoisotopic (exact) mass is 210 g/mol. The number of nitrogens with zero attached hydrogens (tertiary/aromatic N) is 4. The predicted molar refractivity (Wildman–Crippen MR) is 55.1 cm³/mol. The Hall–Kier alpha value is -0.970. The quantitative estimate of drug-likeness (QED) is 0.797. The van der Waals surface area contributed by atoms with Crippen molar-refractivity contribution in [1.82, 2.24) is 20.2 Å².